The second kappa shape index (κ2) is 4.11. The first-order valence-electron chi connectivity index (χ1n) is 4.22. The topological polar surface area (TPSA) is 26.0 Å². The zero-order chi connectivity index (χ0) is 10.1. The van der Waals surface area contributed by atoms with Crippen molar-refractivity contribution in [1.82, 2.24) is 0 Å². The van der Waals surface area contributed by atoms with Crippen molar-refractivity contribution in [2.24, 2.45) is 5.73 Å². The summed E-state index contributed by atoms with van der Waals surface area (Å²) >= 11 is 6.95. The highest BCUT2D eigenvalue weighted by Crippen LogP contribution is 2.31. The molecule has 3 heteroatoms. The number of hydrogen-bond donors (Lipinski definition) is 1. The molecule has 1 aromatic rings. The molecule has 13 heavy (non-hydrogen) atoms. The molecule has 1 unspecified atom stereocenters. The van der Waals surface area contributed by atoms with Gasteiger partial charge in [-0.25, -0.2) is 0 Å². The van der Waals surface area contributed by atoms with Gasteiger partial charge < -0.3 is 5.73 Å². The van der Waals surface area contributed by atoms with Crippen LogP contribution in [0, 0.1) is 0 Å². The summed E-state index contributed by atoms with van der Waals surface area (Å²) in [5.41, 5.74) is 7.04. The number of nitrogens with two attached hydrogens (primary N) is 1. The van der Waals surface area contributed by atoms with Crippen molar-refractivity contribution in [1.29, 1.82) is 0 Å². The fraction of sp³-hybridized carbons (Fsp3) is 0.400. The Bertz CT molecular complexity index is 308. The zero-order valence-corrected chi connectivity index (χ0v) is 10.9. The Kier molecular flexibility index (Phi) is 3.55. The van der Waals surface area contributed by atoms with Crippen molar-refractivity contribution in [3.8, 4) is 0 Å². The fourth-order valence-electron chi connectivity index (χ4n) is 1.13. The first kappa shape index (κ1) is 11.2. The van der Waals surface area contributed by atoms with E-state index in [0.29, 0.717) is 0 Å². The predicted molar refractivity (Wildman–Crippen MR) is 63.7 cm³/mol. The van der Waals surface area contributed by atoms with Gasteiger partial charge in [-0.2, -0.15) is 0 Å². The quantitative estimate of drug-likeness (QED) is 0.884. The smallest absolute Gasteiger partial charge is 0.0390 e. The molecule has 1 aromatic carbocycles. The largest absolute Gasteiger partial charge is 0.322 e. The van der Waals surface area contributed by atoms with E-state index in [-0.39, 0.29) is 5.54 Å². The molecule has 2 N–H and O–H groups in total. The molecule has 1 atom stereocenters. The summed E-state index contributed by atoms with van der Waals surface area (Å²) in [6.45, 7) is 4.13. The number of rotatable bonds is 2. The molecule has 0 spiro atoms. The summed E-state index contributed by atoms with van der Waals surface area (Å²) in [4.78, 5) is 0. The first-order chi connectivity index (χ1) is 5.97. The summed E-state index contributed by atoms with van der Waals surface area (Å²) in [5.74, 6) is 0. The van der Waals surface area contributed by atoms with E-state index in [4.69, 9.17) is 5.73 Å². The van der Waals surface area contributed by atoms with Gasteiger partial charge in [0.15, 0.2) is 0 Å². The maximum atomic E-state index is 6.16. The van der Waals surface area contributed by atoms with Gasteiger partial charge in [0.05, 0.1) is 0 Å². The van der Waals surface area contributed by atoms with Crippen LogP contribution in [-0.4, -0.2) is 0 Å². The van der Waals surface area contributed by atoms with Crippen molar-refractivity contribution >= 4 is 31.9 Å². The van der Waals surface area contributed by atoms with E-state index in [2.05, 4.69) is 44.8 Å². The minimum absolute atomic E-state index is 0.261. The molecular weight excluding hydrogens is 294 g/mol. The van der Waals surface area contributed by atoms with Crippen LogP contribution in [0.25, 0.3) is 0 Å². The third-order valence-corrected chi connectivity index (χ3v) is 3.46. The standard InChI is InChI=1S/C10H13Br2N/c1-3-10(2,13)8-6-7(11)4-5-9(8)12/h4-6H,3,13H2,1-2H3. The van der Waals surface area contributed by atoms with Gasteiger partial charge in [0.1, 0.15) is 0 Å². The van der Waals surface area contributed by atoms with Gasteiger partial charge in [-0.15, -0.1) is 0 Å². The molecular formula is C10H13Br2N. The molecule has 1 nitrogen and oxygen atoms in total. The Morgan fingerprint density at radius 2 is 2.00 bits per heavy atom. The minimum Gasteiger partial charge on any atom is -0.322 e. The Labute approximate surface area is 96.0 Å². The van der Waals surface area contributed by atoms with E-state index in [0.717, 1.165) is 20.9 Å². The maximum absolute atomic E-state index is 6.16. The van der Waals surface area contributed by atoms with Crippen molar-refractivity contribution in [2.45, 2.75) is 25.8 Å². The summed E-state index contributed by atoms with van der Waals surface area (Å²) < 4.78 is 2.14. The second-order valence-electron chi connectivity index (χ2n) is 3.40. The van der Waals surface area contributed by atoms with Crippen LogP contribution in [0.4, 0.5) is 0 Å². The lowest BCUT2D eigenvalue weighted by Gasteiger charge is -2.24. The van der Waals surface area contributed by atoms with Crippen LogP contribution in [0.3, 0.4) is 0 Å². The molecule has 0 aliphatic rings. The summed E-state index contributed by atoms with van der Waals surface area (Å²) in [5, 5.41) is 0. The molecule has 0 aliphatic heterocycles. The van der Waals surface area contributed by atoms with Crippen molar-refractivity contribution in [2.75, 3.05) is 0 Å². The maximum Gasteiger partial charge on any atom is 0.0390 e. The lowest BCUT2D eigenvalue weighted by molar-refractivity contribution is 0.474. The minimum atomic E-state index is -0.261. The van der Waals surface area contributed by atoms with Gasteiger partial charge in [0, 0.05) is 14.5 Å². The molecule has 0 heterocycles. The van der Waals surface area contributed by atoms with E-state index in [1.807, 2.05) is 19.1 Å². The number of hydrogen-bond acceptors (Lipinski definition) is 1. The normalized spacial score (nSPS) is 15.5. The number of halogens is 2. The summed E-state index contributed by atoms with van der Waals surface area (Å²) in [6, 6.07) is 6.08. The van der Waals surface area contributed by atoms with Gasteiger partial charge in [-0.05, 0) is 37.1 Å². The average molecular weight is 307 g/mol. The van der Waals surface area contributed by atoms with E-state index < -0.39 is 0 Å². The predicted octanol–water partition coefficient (Wildman–Crippen LogP) is 3.80. The van der Waals surface area contributed by atoms with Gasteiger partial charge in [-0.3, -0.25) is 0 Å². The Morgan fingerprint density at radius 1 is 1.38 bits per heavy atom. The van der Waals surface area contributed by atoms with Gasteiger partial charge in [-0.1, -0.05) is 38.8 Å². The fourth-order valence-corrected chi connectivity index (χ4v) is 2.19. The van der Waals surface area contributed by atoms with Crippen LogP contribution in [0.15, 0.2) is 27.1 Å². The van der Waals surface area contributed by atoms with Crippen LogP contribution in [0.5, 0.6) is 0 Å². The van der Waals surface area contributed by atoms with Gasteiger partial charge in [0.2, 0.25) is 0 Å². The SMILES string of the molecule is CCC(C)(N)c1cc(Br)ccc1Br. The molecule has 0 amide bonds. The molecule has 72 valence electrons. The molecule has 0 fully saturated rings. The van der Waals surface area contributed by atoms with E-state index in [1.54, 1.807) is 0 Å². The monoisotopic (exact) mass is 305 g/mol. The Balaban J connectivity index is 3.20. The lowest BCUT2D eigenvalue weighted by Crippen LogP contribution is -2.32. The van der Waals surface area contributed by atoms with Crippen molar-refractivity contribution in [3.05, 3.63) is 32.7 Å². The molecule has 1 rings (SSSR count). The Hall–Kier alpha value is 0.140. The number of benzene rings is 1. The molecule has 0 radical (unpaired) electrons. The van der Waals surface area contributed by atoms with Crippen molar-refractivity contribution < 1.29 is 0 Å². The van der Waals surface area contributed by atoms with E-state index in [9.17, 15) is 0 Å². The van der Waals surface area contributed by atoms with Gasteiger partial charge in [0.25, 0.3) is 0 Å². The molecule has 0 saturated heterocycles. The molecule has 0 aliphatic carbocycles. The highest BCUT2D eigenvalue weighted by molar-refractivity contribution is 9.11. The summed E-state index contributed by atoms with van der Waals surface area (Å²) in [6.07, 6.45) is 0.919. The van der Waals surface area contributed by atoms with Crippen LogP contribution < -0.4 is 5.73 Å². The average Bonchev–Trinajstić information content (AvgIpc) is 2.09. The van der Waals surface area contributed by atoms with Crippen LogP contribution in [-0.2, 0) is 5.54 Å². The highest BCUT2D eigenvalue weighted by atomic mass is 79.9. The molecule has 0 aromatic heterocycles. The van der Waals surface area contributed by atoms with Crippen LogP contribution in [0.2, 0.25) is 0 Å². The van der Waals surface area contributed by atoms with E-state index >= 15 is 0 Å². The zero-order valence-electron chi connectivity index (χ0n) is 7.77. The van der Waals surface area contributed by atoms with Crippen LogP contribution in [0.1, 0.15) is 25.8 Å². The van der Waals surface area contributed by atoms with Gasteiger partial charge >= 0.3 is 0 Å². The van der Waals surface area contributed by atoms with E-state index in [1.165, 1.54) is 0 Å². The Morgan fingerprint density at radius 3 is 2.54 bits per heavy atom. The highest BCUT2D eigenvalue weighted by Gasteiger charge is 2.21. The molecule has 0 saturated carbocycles. The van der Waals surface area contributed by atoms with Crippen molar-refractivity contribution in [3.63, 3.8) is 0 Å². The second-order valence-corrected chi connectivity index (χ2v) is 5.17. The van der Waals surface area contributed by atoms with Crippen LogP contribution >= 0.6 is 31.9 Å². The third kappa shape index (κ3) is 2.55. The first-order valence-corrected chi connectivity index (χ1v) is 5.80. The molecule has 0 bridgehead atoms. The third-order valence-electron chi connectivity index (χ3n) is 2.28. The summed E-state index contributed by atoms with van der Waals surface area (Å²) in [7, 11) is 0. The lowest BCUT2D eigenvalue weighted by atomic mass is 9.91.